The van der Waals surface area contributed by atoms with E-state index in [1.807, 2.05) is 54.5 Å². The molecule has 0 atom stereocenters. The molecule has 2 nitrogen and oxygen atoms in total. The van der Waals surface area contributed by atoms with Crippen LogP contribution in [-0.2, 0) is 9.53 Å². The molecule has 0 fully saturated rings. The fourth-order valence-electron chi connectivity index (χ4n) is 1.46. The number of allylic oxidation sites excluding steroid dienone is 3. The van der Waals surface area contributed by atoms with Crippen molar-refractivity contribution >= 4 is 5.97 Å². The molecule has 0 bridgehead atoms. The summed E-state index contributed by atoms with van der Waals surface area (Å²) in [5, 5.41) is 0. The molecular formula is C18H34O2. The summed E-state index contributed by atoms with van der Waals surface area (Å²) >= 11 is 0. The zero-order chi connectivity index (χ0) is 16.6. The molecule has 2 heteroatoms. The third-order valence-corrected chi connectivity index (χ3v) is 2.10. The Morgan fingerprint density at radius 3 is 2.05 bits per heavy atom. The largest absolute Gasteiger partial charge is 0.456 e. The molecule has 0 N–H and O–H groups in total. The first kappa shape index (κ1) is 23.8. The molecule has 0 saturated carbocycles. The van der Waals surface area contributed by atoms with Crippen LogP contribution in [0.4, 0.5) is 0 Å². The van der Waals surface area contributed by atoms with E-state index in [1.54, 1.807) is 18.2 Å². The molecule has 0 radical (unpaired) electrons. The summed E-state index contributed by atoms with van der Waals surface area (Å²) in [7, 11) is 0. The Morgan fingerprint density at radius 2 is 1.70 bits per heavy atom. The zero-order valence-corrected chi connectivity index (χ0v) is 14.7. The van der Waals surface area contributed by atoms with Gasteiger partial charge in [-0.2, -0.15) is 0 Å². The Hall–Kier alpha value is -1.31. The third-order valence-electron chi connectivity index (χ3n) is 2.10. The van der Waals surface area contributed by atoms with Gasteiger partial charge >= 0.3 is 5.97 Å². The van der Waals surface area contributed by atoms with Gasteiger partial charge in [-0.25, -0.2) is 4.79 Å². The van der Waals surface area contributed by atoms with Gasteiger partial charge in [0, 0.05) is 0 Å². The minimum Gasteiger partial charge on any atom is -0.456 e. The van der Waals surface area contributed by atoms with E-state index in [0.717, 1.165) is 12.8 Å². The number of esters is 1. The van der Waals surface area contributed by atoms with Crippen LogP contribution in [0.15, 0.2) is 36.5 Å². The molecule has 0 saturated heterocycles. The van der Waals surface area contributed by atoms with E-state index >= 15 is 0 Å². The Morgan fingerprint density at radius 1 is 1.20 bits per heavy atom. The molecular weight excluding hydrogens is 248 g/mol. The SMILES string of the molecule is C=C/C=C(\C=C/C)C(=O)OC(C)(C)CCC.CC.CC. The standard InChI is InChI=1S/C14H22O2.2C2H6/c1-6-9-12(10-7-2)13(15)16-14(4,5)11-8-3;2*1-2/h6-7,9-10H,1,8,11H2,2-5H3;2*1-2H3/b10-7-,12-9+;;. The van der Waals surface area contributed by atoms with Gasteiger partial charge in [0.25, 0.3) is 0 Å². The van der Waals surface area contributed by atoms with Gasteiger partial charge in [0.05, 0.1) is 5.57 Å². The first-order valence-electron chi connectivity index (χ1n) is 7.65. The molecule has 0 spiro atoms. The quantitative estimate of drug-likeness (QED) is 0.347. The van der Waals surface area contributed by atoms with Crippen molar-refractivity contribution in [1.29, 1.82) is 0 Å². The second-order valence-corrected chi connectivity index (χ2v) is 4.26. The first-order chi connectivity index (χ1) is 9.46. The molecule has 0 heterocycles. The molecule has 118 valence electrons. The van der Waals surface area contributed by atoms with Gasteiger partial charge in [0.2, 0.25) is 0 Å². The Balaban J connectivity index is -0.000000656. The second-order valence-electron chi connectivity index (χ2n) is 4.26. The summed E-state index contributed by atoms with van der Waals surface area (Å²) < 4.78 is 5.44. The van der Waals surface area contributed by atoms with Crippen molar-refractivity contribution in [1.82, 2.24) is 0 Å². The molecule has 0 aromatic carbocycles. The van der Waals surface area contributed by atoms with Crippen LogP contribution in [0, 0.1) is 0 Å². The van der Waals surface area contributed by atoms with E-state index < -0.39 is 5.60 Å². The maximum absolute atomic E-state index is 11.8. The van der Waals surface area contributed by atoms with Crippen molar-refractivity contribution in [2.24, 2.45) is 0 Å². The van der Waals surface area contributed by atoms with Gasteiger partial charge in [-0.05, 0) is 33.3 Å². The molecule has 0 aliphatic carbocycles. The number of ether oxygens (including phenoxy) is 1. The normalized spacial score (nSPS) is 10.9. The molecule has 0 aromatic heterocycles. The van der Waals surface area contributed by atoms with Crippen LogP contribution in [0.3, 0.4) is 0 Å². The monoisotopic (exact) mass is 282 g/mol. The maximum Gasteiger partial charge on any atom is 0.338 e. The highest BCUT2D eigenvalue weighted by Gasteiger charge is 2.22. The van der Waals surface area contributed by atoms with Crippen LogP contribution in [-0.4, -0.2) is 11.6 Å². The van der Waals surface area contributed by atoms with Gasteiger partial charge in [-0.1, -0.05) is 65.8 Å². The second kappa shape index (κ2) is 15.7. The average molecular weight is 282 g/mol. The van der Waals surface area contributed by atoms with Gasteiger partial charge in [0.15, 0.2) is 0 Å². The number of hydrogen-bond acceptors (Lipinski definition) is 2. The molecule has 20 heavy (non-hydrogen) atoms. The van der Waals surface area contributed by atoms with Crippen molar-refractivity contribution < 1.29 is 9.53 Å². The Labute approximate surface area is 126 Å². The summed E-state index contributed by atoms with van der Waals surface area (Å²) in [5.41, 5.74) is 0.120. The number of carbonyl (C=O) groups excluding carboxylic acids is 1. The van der Waals surface area contributed by atoms with E-state index in [9.17, 15) is 4.79 Å². The molecule has 0 rings (SSSR count). The molecule has 0 aromatic rings. The summed E-state index contributed by atoms with van der Waals surface area (Å²) in [4.78, 5) is 11.8. The first-order valence-corrected chi connectivity index (χ1v) is 7.65. The van der Waals surface area contributed by atoms with E-state index in [-0.39, 0.29) is 5.97 Å². The lowest BCUT2D eigenvalue weighted by Gasteiger charge is -2.24. The Bertz CT molecular complexity index is 297. The van der Waals surface area contributed by atoms with Crippen molar-refractivity contribution in [3.63, 3.8) is 0 Å². The average Bonchev–Trinajstić information content (AvgIpc) is 2.42. The predicted molar refractivity (Wildman–Crippen MR) is 90.9 cm³/mol. The Kier molecular flexibility index (Phi) is 18.7. The summed E-state index contributed by atoms with van der Waals surface area (Å²) in [6.07, 6.45) is 8.63. The summed E-state index contributed by atoms with van der Waals surface area (Å²) in [6.45, 7) is 19.4. The van der Waals surface area contributed by atoms with E-state index in [0.29, 0.717) is 5.57 Å². The van der Waals surface area contributed by atoms with Crippen LogP contribution in [0.2, 0.25) is 0 Å². The zero-order valence-electron chi connectivity index (χ0n) is 14.7. The molecule has 0 aliphatic rings. The van der Waals surface area contributed by atoms with E-state index in [4.69, 9.17) is 4.74 Å². The van der Waals surface area contributed by atoms with Gasteiger partial charge in [-0.15, -0.1) is 0 Å². The molecule has 0 aliphatic heterocycles. The molecule has 0 amide bonds. The third kappa shape index (κ3) is 13.1. The fourth-order valence-corrected chi connectivity index (χ4v) is 1.46. The van der Waals surface area contributed by atoms with Crippen LogP contribution >= 0.6 is 0 Å². The topological polar surface area (TPSA) is 26.3 Å². The lowest BCUT2D eigenvalue weighted by Crippen LogP contribution is -2.28. The summed E-state index contributed by atoms with van der Waals surface area (Å²) in [6, 6.07) is 0. The van der Waals surface area contributed by atoms with Crippen molar-refractivity contribution in [3.8, 4) is 0 Å². The predicted octanol–water partition coefficient (Wildman–Crippen LogP) is 5.85. The van der Waals surface area contributed by atoms with Crippen LogP contribution in [0.1, 0.15) is 68.2 Å². The van der Waals surface area contributed by atoms with Gasteiger partial charge in [-0.3, -0.25) is 0 Å². The van der Waals surface area contributed by atoms with E-state index in [2.05, 4.69) is 13.5 Å². The number of hydrogen-bond donors (Lipinski definition) is 0. The fraction of sp³-hybridized carbons (Fsp3) is 0.611. The lowest BCUT2D eigenvalue weighted by molar-refractivity contribution is -0.151. The number of rotatable bonds is 6. The molecule has 0 unspecified atom stereocenters. The number of carbonyl (C=O) groups is 1. The van der Waals surface area contributed by atoms with Crippen LogP contribution < -0.4 is 0 Å². The van der Waals surface area contributed by atoms with Gasteiger partial charge in [0.1, 0.15) is 5.60 Å². The maximum atomic E-state index is 11.8. The van der Waals surface area contributed by atoms with Crippen LogP contribution in [0.25, 0.3) is 0 Å². The van der Waals surface area contributed by atoms with Gasteiger partial charge < -0.3 is 4.74 Å². The highest BCUT2D eigenvalue weighted by molar-refractivity contribution is 5.92. The highest BCUT2D eigenvalue weighted by Crippen LogP contribution is 2.18. The summed E-state index contributed by atoms with van der Waals surface area (Å²) in [5.74, 6) is -0.295. The van der Waals surface area contributed by atoms with E-state index in [1.165, 1.54) is 0 Å². The highest BCUT2D eigenvalue weighted by atomic mass is 16.6. The van der Waals surface area contributed by atoms with Crippen LogP contribution in [0.5, 0.6) is 0 Å². The minimum atomic E-state index is -0.409. The minimum absolute atomic E-state index is 0.295. The lowest BCUT2D eigenvalue weighted by atomic mass is 10.0. The van der Waals surface area contributed by atoms with Crippen molar-refractivity contribution in [2.45, 2.75) is 73.8 Å². The smallest absolute Gasteiger partial charge is 0.338 e. The van der Waals surface area contributed by atoms with Crippen molar-refractivity contribution in [2.75, 3.05) is 0 Å². The van der Waals surface area contributed by atoms with Crippen molar-refractivity contribution in [3.05, 3.63) is 36.5 Å².